The Morgan fingerprint density at radius 1 is 1.13 bits per heavy atom. The van der Waals surface area contributed by atoms with E-state index in [1.165, 1.54) is 36.0 Å². The molecule has 0 bridgehead atoms. The Morgan fingerprint density at radius 3 is 3.00 bits per heavy atom. The second kappa shape index (κ2) is 3.58. The fourth-order valence-electron chi connectivity index (χ4n) is 2.16. The maximum atomic E-state index is 5.40. The molecular formula is C14H13O. The van der Waals surface area contributed by atoms with Crippen LogP contribution >= 0.6 is 0 Å². The third kappa shape index (κ3) is 1.58. The van der Waals surface area contributed by atoms with Gasteiger partial charge in [0.05, 0.1) is 6.26 Å². The third-order valence-corrected chi connectivity index (χ3v) is 2.97. The average Bonchev–Trinajstić information content (AvgIpc) is 2.82. The molecule has 1 heterocycles. The van der Waals surface area contributed by atoms with Crippen molar-refractivity contribution in [2.75, 3.05) is 0 Å². The van der Waals surface area contributed by atoms with E-state index in [0.29, 0.717) is 0 Å². The summed E-state index contributed by atoms with van der Waals surface area (Å²) in [6.45, 7) is 0. The van der Waals surface area contributed by atoms with E-state index in [1.54, 1.807) is 6.26 Å². The number of benzene rings is 1. The van der Waals surface area contributed by atoms with Crippen LogP contribution in [0, 0.1) is 6.42 Å². The van der Waals surface area contributed by atoms with Crippen molar-refractivity contribution >= 4 is 0 Å². The van der Waals surface area contributed by atoms with Crippen LogP contribution in [0.1, 0.15) is 24.0 Å². The van der Waals surface area contributed by atoms with Crippen molar-refractivity contribution in [3.8, 4) is 11.3 Å². The molecule has 0 N–H and O–H groups in total. The van der Waals surface area contributed by atoms with Crippen LogP contribution in [-0.4, -0.2) is 0 Å². The fraction of sp³-hybridized carbons (Fsp3) is 0.214. The van der Waals surface area contributed by atoms with Gasteiger partial charge >= 0.3 is 0 Å². The van der Waals surface area contributed by atoms with Crippen LogP contribution in [0.4, 0.5) is 0 Å². The molecule has 0 atom stereocenters. The van der Waals surface area contributed by atoms with Crippen molar-refractivity contribution in [3.05, 3.63) is 54.1 Å². The number of hydrogen-bond acceptors (Lipinski definition) is 1. The molecule has 3 rings (SSSR count). The molecular weight excluding hydrogens is 184 g/mol. The number of furan rings is 1. The molecule has 75 valence electrons. The van der Waals surface area contributed by atoms with E-state index in [2.05, 4.69) is 24.6 Å². The molecule has 0 fully saturated rings. The summed E-state index contributed by atoms with van der Waals surface area (Å²) in [5.74, 6) is 0.955. The van der Waals surface area contributed by atoms with Gasteiger partial charge in [-0.05, 0) is 55.0 Å². The van der Waals surface area contributed by atoms with E-state index in [4.69, 9.17) is 4.42 Å². The number of hydrogen-bond donors (Lipinski definition) is 0. The zero-order valence-corrected chi connectivity index (χ0v) is 8.57. The van der Waals surface area contributed by atoms with Gasteiger partial charge in [0.25, 0.3) is 0 Å². The zero-order valence-electron chi connectivity index (χ0n) is 8.57. The minimum absolute atomic E-state index is 0.955. The minimum atomic E-state index is 0.955. The summed E-state index contributed by atoms with van der Waals surface area (Å²) in [6.07, 6.45) is 7.75. The maximum absolute atomic E-state index is 5.40. The topological polar surface area (TPSA) is 13.1 Å². The first-order valence-electron chi connectivity index (χ1n) is 5.43. The Bertz CT molecular complexity index is 454. The highest BCUT2D eigenvalue weighted by Gasteiger charge is 2.10. The van der Waals surface area contributed by atoms with Gasteiger partial charge in [-0.25, -0.2) is 0 Å². The Hall–Kier alpha value is -1.50. The fourth-order valence-corrected chi connectivity index (χ4v) is 2.16. The lowest BCUT2D eigenvalue weighted by atomic mass is 9.90. The average molecular weight is 197 g/mol. The van der Waals surface area contributed by atoms with E-state index in [1.807, 2.05) is 12.1 Å². The first kappa shape index (κ1) is 8.78. The lowest BCUT2D eigenvalue weighted by molar-refractivity contribution is 0.582. The molecule has 2 aromatic rings. The van der Waals surface area contributed by atoms with E-state index < -0.39 is 0 Å². The first-order valence-corrected chi connectivity index (χ1v) is 5.43. The lowest BCUT2D eigenvalue weighted by Gasteiger charge is -2.15. The Kier molecular flexibility index (Phi) is 2.09. The normalized spacial score (nSPS) is 14.9. The standard InChI is InChI=1S/C14H13O/c1-2-5-12-10-13(8-7-11(12)4-1)14-6-3-9-15-14/h3,5-10H,1-2,4H2. The molecule has 0 saturated carbocycles. The van der Waals surface area contributed by atoms with E-state index in [0.717, 1.165) is 5.76 Å². The number of rotatable bonds is 1. The molecule has 0 amide bonds. The van der Waals surface area contributed by atoms with Gasteiger partial charge < -0.3 is 4.42 Å². The monoisotopic (exact) mass is 197 g/mol. The van der Waals surface area contributed by atoms with Crippen LogP contribution in [0.25, 0.3) is 11.3 Å². The van der Waals surface area contributed by atoms with Crippen molar-refractivity contribution in [2.45, 2.75) is 19.3 Å². The largest absolute Gasteiger partial charge is 0.464 e. The van der Waals surface area contributed by atoms with Gasteiger partial charge in [-0.1, -0.05) is 12.1 Å². The lowest BCUT2D eigenvalue weighted by Crippen LogP contribution is -2.00. The zero-order chi connectivity index (χ0) is 10.1. The van der Waals surface area contributed by atoms with E-state index in [-0.39, 0.29) is 0 Å². The Balaban J connectivity index is 2.04. The van der Waals surface area contributed by atoms with E-state index >= 15 is 0 Å². The minimum Gasteiger partial charge on any atom is -0.464 e. The van der Waals surface area contributed by atoms with Crippen LogP contribution in [0.15, 0.2) is 41.0 Å². The summed E-state index contributed by atoms with van der Waals surface area (Å²) >= 11 is 0. The second-order valence-electron chi connectivity index (χ2n) is 3.99. The Morgan fingerprint density at radius 2 is 2.13 bits per heavy atom. The molecule has 1 aromatic carbocycles. The van der Waals surface area contributed by atoms with Gasteiger partial charge in [-0.3, -0.25) is 0 Å². The summed E-state index contributed by atoms with van der Waals surface area (Å²) in [4.78, 5) is 0. The van der Waals surface area contributed by atoms with Crippen molar-refractivity contribution in [3.63, 3.8) is 0 Å². The predicted octanol–water partition coefficient (Wildman–Crippen LogP) is 3.84. The molecule has 1 aromatic heterocycles. The molecule has 0 saturated heterocycles. The van der Waals surface area contributed by atoms with Crippen molar-refractivity contribution in [2.24, 2.45) is 0 Å². The van der Waals surface area contributed by atoms with Gasteiger partial charge in [-0.15, -0.1) is 0 Å². The van der Waals surface area contributed by atoms with Crippen LogP contribution in [0.2, 0.25) is 0 Å². The first-order chi connectivity index (χ1) is 7.43. The highest BCUT2D eigenvalue weighted by Crippen LogP contribution is 2.28. The molecule has 1 aliphatic rings. The van der Waals surface area contributed by atoms with Gasteiger partial charge in [0.1, 0.15) is 5.76 Å². The maximum Gasteiger partial charge on any atom is 0.133 e. The van der Waals surface area contributed by atoms with Gasteiger partial charge in [0.15, 0.2) is 0 Å². The Labute approximate surface area is 89.7 Å². The molecule has 1 heteroatoms. The third-order valence-electron chi connectivity index (χ3n) is 2.97. The molecule has 1 nitrogen and oxygen atoms in total. The van der Waals surface area contributed by atoms with Crippen molar-refractivity contribution in [1.82, 2.24) is 0 Å². The molecule has 15 heavy (non-hydrogen) atoms. The van der Waals surface area contributed by atoms with Crippen LogP contribution in [0.3, 0.4) is 0 Å². The van der Waals surface area contributed by atoms with Gasteiger partial charge in [-0.2, -0.15) is 0 Å². The summed E-state index contributed by atoms with van der Waals surface area (Å²) in [5.41, 5.74) is 4.03. The summed E-state index contributed by atoms with van der Waals surface area (Å²) < 4.78 is 5.40. The molecule has 0 unspecified atom stereocenters. The molecule has 1 radical (unpaired) electrons. The predicted molar refractivity (Wildman–Crippen MR) is 60.5 cm³/mol. The number of aryl methyl sites for hydroxylation is 1. The van der Waals surface area contributed by atoms with Crippen LogP contribution in [-0.2, 0) is 6.42 Å². The summed E-state index contributed by atoms with van der Waals surface area (Å²) in [6, 6.07) is 10.5. The van der Waals surface area contributed by atoms with Crippen molar-refractivity contribution in [1.29, 1.82) is 0 Å². The molecule has 0 aliphatic heterocycles. The van der Waals surface area contributed by atoms with Gasteiger partial charge in [0, 0.05) is 5.56 Å². The summed E-state index contributed by atoms with van der Waals surface area (Å²) in [7, 11) is 0. The summed E-state index contributed by atoms with van der Waals surface area (Å²) in [5, 5.41) is 0. The van der Waals surface area contributed by atoms with Crippen LogP contribution in [0.5, 0.6) is 0 Å². The van der Waals surface area contributed by atoms with Crippen LogP contribution < -0.4 is 0 Å². The highest BCUT2D eigenvalue weighted by molar-refractivity contribution is 5.60. The van der Waals surface area contributed by atoms with Gasteiger partial charge in [0.2, 0.25) is 0 Å². The SMILES string of the molecule is [CH]1CCCc2ccc(-c3ccco3)cc21. The molecule has 1 aliphatic carbocycles. The highest BCUT2D eigenvalue weighted by atomic mass is 16.3. The smallest absolute Gasteiger partial charge is 0.133 e. The number of fused-ring (bicyclic) bond motifs is 1. The molecule has 0 spiro atoms. The van der Waals surface area contributed by atoms with Crippen molar-refractivity contribution < 1.29 is 4.42 Å². The quantitative estimate of drug-likeness (QED) is 0.677. The second-order valence-corrected chi connectivity index (χ2v) is 3.99. The van der Waals surface area contributed by atoms with E-state index in [9.17, 15) is 0 Å².